The first-order valence-electron chi connectivity index (χ1n) is 5.96. The third kappa shape index (κ3) is 3.59. The molecule has 1 aromatic heterocycles. The number of nitrogens with one attached hydrogen (secondary N) is 1. The van der Waals surface area contributed by atoms with Gasteiger partial charge in [0.05, 0.1) is 25.0 Å². The van der Waals surface area contributed by atoms with Gasteiger partial charge in [-0.15, -0.1) is 0 Å². The van der Waals surface area contributed by atoms with Crippen LogP contribution in [0.1, 0.15) is 5.56 Å². The fourth-order valence-corrected chi connectivity index (χ4v) is 2.35. The van der Waals surface area contributed by atoms with Crippen LogP contribution in [0.25, 0.3) is 0 Å². The summed E-state index contributed by atoms with van der Waals surface area (Å²) in [5, 5.41) is 16.6. The lowest BCUT2D eigenvalue weighted by Crippen LogP contribution is -2.25. The van der Waals surface area contributed by atoms with Crippen molar-refractivity contribution in [3.8, 4) is 0 Å². The fraction of sp³-hybridized carbons (Fsp3) is 0.231. The lowest BCUT2D eigenvalue weighted by molar-refractivity contribution is 0.266. The summed E-state index contributed by atoms with van der Waals surface area (Å²) in [7, 11) is 0. The number of hydrogen-bond acceptors (Lipinski definition) is 4. The predicted octanol–water partition coefficient (Wildman–Crippen LogP) is 2.26. The predicted molar refractivity (Wildman–Crippen MR) is 82.1 cm³/mol. The molecule has 0 radical (unpaired) electrons. The van der Waals surface area contributed by atoms with Gasteiger partial charge in [0, 0.05) is 11.6 Å². The Hall–Kier alpha value is -1.37. The van der Waals surface area contributed by atoms with Gasteiger partial charge in [0.1, 0.15) is 4.47 Å². The zero-order valence-corrected chi connectivity index (χ0v) is 12.9. The molecule has 20 heavy (non-hydrogen) atoms. The van der Waals surface area contributed by atoms with Gasteiger partial charge in [-0.3, -0.25) is 4.79 Å². The molecule has 2 N–H and O–H groups in total. The summed E-state index contributed by atoms with van der Waals surface area (Å²) in [5.74, 6) is 0. The van der Waals surface area contributed by atoms with Crippen molar-refractivity contribution in [2.45, 2.75) is 13.1 Å². The minimum atomic E-state index is -0.282. The fourth-order valence-electron chi connectivity index (χ4n) is 1.69. The molecule has 0 bridgehead atoms. The van der Waals surface area contributed by atoms with Gasteiger partial charge >= 0.3 is 0 Å². The summed E-state index contributed by atoms with van der Waals surface area (Å²) in [6.45, 7) is 0.574. The summed E-state index contributed by atoms with van der Waals surface area (Å²) in [4.78, 5) is 11.9. The van der Waals surface area contributed by atoms with Gasteiger partial charge in [0.25, 0.3) is 5.56 Å². The van der Waals surface area contributed by atoms with Crippen molar-refractivity contribution in [3.05, 3.63) is 55.9 Å². The number of anilines is 1. The number of benzene rings is 1. The third-order valence-corrected chi connectivity index (χ3v) is 3.67. The molecule has 1 aromatic carbocycles. The van der Waals surface area contributed by atoms with Crippen LogP contribution in [0.4, 0.5) is 5.69 Å². The number of rotatable bonds is 5. The second kappa shape index (κ2) is 6.88. The van der Waals surface area contributed by atoms with Crippen molar-refractivity contribution in [3.63, 3.8) is 0 Å². The van der Waals surface area contributed by atoms with Crippen molar-refractivity contribution in [2.75, 3.05) is 11.9 Å². The Bertz CT molecular complexity index is 660. The van der Waals surface area contributed by atoms with Gasteiger partial charge in [-0.25, -0.2) is 4.68 Å². The number of hydrogen-bond donors (Lipinski definition) is 2. The maximum atomic E-state index is 11.9. The Labute approximate surface area is 129 Å². The van der Waals surface area contributed by atoms with E-state index in [4.69, 9.17) is 16.7 Å². The molecule has 7 heteroatoms. The van der Waals surface area contributed by atoms with Crippen molar-refractivity contribution in [2.24, 2.45) is 0 Å². The van der Waals surface area contributed by atoms with E-state index in [9.17, 15) is 4.79 Å². The molecule has 1 heterocycles. The van der Waals surface area contributed by atoms with Crippen LogP contribution in [-0.4, -0.2) is 21.5 Å². The van der Waals surface area contributed by atoms with Crippen LogP contribution in [-0.2, 0) is 13.1 Å². The third-order valence-electron chi connectivity index (χ3n) is 2.67. The Morgan fingerprint density at radius 1 is 1.45 bits per heavy atom. The molecular weight excluding hydrogens is 346 g/mol. The lowest BCUT2D eigenvalue weighted by Gasteiger charge is -2.10. The molecule has 106 valence electrons. The summed E-state index contributed by atoms with van der Waals surface area (Å²) in [6.07, 6.45) is 1.55. The quantitative estimate of drug-likeness (QED) is 0.860. The molecule has 2 rings (SSSR count). The van der Waals surface area contributed by atoms with Crippen molar-refractivity contribution in [1.82, 2.24) is 9.78 Å². The molecule has 5 nitrogen and oxygen atoms in total. The zero-order chi connectivity index (χ0) is 14.5. The van der Waals surface area contributed by atoms with E-state index in [1.807, 2.05) is 18.2 Å². The largest absolute Gasteiger partial charge is 0.394 e. The maximum Gasteiger partial charge on any atom is 0.283 e. The molecule has 0 spiro atoms. The highest BCUT2D eigenvalue weighted by molar-refractivity contribution is 9.10. The van der Waals surface area contributed by atoms with Crippen LogP contribution in [0.15, 0.2) is 39.7 Å². The zero-order valence-electron chi connectivity index (χ0n) is 10.5. The molecule has 0 atom stereocenters. The van der Waals surface area contributed by atoms with E-state index in [2.05, 4.69) is 26.3 Å². The van der Waals surface area contributed by atoms with Crippen molar-refractivity contribution >= 4 is 33.2 Å². The maximum absolute atomic E-state index is 11.9. The molecule has 0 amide bonds. The standard InChI is InChI=1S/C13H13BrClN3O2/c14-12-11(8-17-18(4-5-19)13(12)20)16-7-9-2-1-3-10(15)6-9/h1-3,6,8,16,19H,4-5,7H2. The molecule has 0 saturated heterocycles. The SMILES string of the molecule is O=c1c(Br)c(NCc2cccc(Cl)c2)cnn1CCO. The Balaban J connectivity index is 2.14. The molecule has 2 aromatic rings. The topological polar surface area (TPSA) is 67.2 Å². The molecule has 0 saturated carbocycles. The number of nitrogens with zero attached hydrogens (tertiary/aromatic N) is 2. The highest BCUT2D eigenvalue weighted by Gasteiger charge is 2.08. The molecule has 0 aliphatic carbocycles. The second-order valence-electron chi connectivity index (χ2n) is 4.11. The molecule has 0 aliphatic heterocycles. The van der Waals surface area contributed by atoms with E-state index in [0.29, 0.717) is 21.7 Å². The van der Waals surface area contributed by atoms with Gasteiger partial charge in [0.2, 0.25) is 0 Å². The first kappa shape index (κ1) is 15.0. The van der Waals surface area contributed by atoms with E-state index in [-0.39, 0.29) is 18.7 Å². The van der Waals surface area contributed by atoms with Crippen molar-refractivity contribution in [1.29, 1.82) is 0 Å². The van der Waals surface area contributed by atoms with Crippen molar-refractivity contribution < 1.29 is 5.11 Å². The summed E-state index contributed by atoms with van der Waals surface area (Å²) < 4.78 is 1.59. The Morgan fingerprint density at radius 3 is 2.95 bits per heavy atom. The van der Waals surface area contributed by atoms with Crippen LogP contribution in [0.3, 0.4) is 0 Å². The normalized spacial score (nSPS) is 10.6. The van der Waals surface area contributed by atoms with Crippen LogP contribution >= 0.6 is 27.5 Å². The number of aliphatic hydroxyl groups excluding tert-OH is 1. The summed E-state index contributed by atoms with van der Waals surface area (Å²) >= 11 is 9.16. The highest BCUT2D eigenvalue weighted by atomic mass is 79.9. The average Bonchev–Trinajstić information content (AvgIpc) is 2.43. The van der Waals surface area contributed by atoms with Gasteiger partial charge in [-0.05, 0) is 33.6 Å². The minimum absolute atomic E-state index is 0.130. The monoisotopic (exact) mass is 357 g/mol. The smallest absolute Gasteiger partial charge is 0.283 e. The van der Waals surface area contributed by atoms with Crippen LogP contribution < -0.4 is 10.9 Å². The average molecular weight is 359 g/mol. The van der Waals surface area contributed by atoms with E-state index in [1.165, 1.54) is 4.68 Å². The summed E-state index contributed by atoms with van der Waals surface area (Å²) in [6, 6.07) is 7.46. The van der Waals surface area contributed by atoms with E-state index in [0.717, 1.165) is 5.56 Å². The lowest BCUT2D eigenvalue weighted by atomic mass is 10.2. The Morgan fingerprint density at radius 2 is 2.25 bits per heavy atom. The minimum Gasteiger partial charge on any atom is -0.394 e. The number of halogens is 2. The molecule has 0 fully saturated rings. The Kier molecular flexibility index (Phi) is 5.17. The van der Waals surface area contributed by atoms with E-state index in [1.54, 1.807) is 12.3 Å². The highest BCUT2D eigenvalue weighted by Crippen LogP contribution is 2.18. The first-order valence-corrected chi connectivity index (χ1v) is 7.13. The molecule has 0 aliphatic rings. The first-order chi connectivity index (χ1) is 9.61. The van der Waals surface area contributed by atoms with Crippen LogP contribution in [0.2, 0.25) is 5.02 Å². The summed E-state index contributed by atoms with van der Waals surface area (Å²) in [5.41, 5.74) is 1.32. The van der Waals surface area contributed by atoms with Gasteiger partial charge in [-0.1, -0.05) is 23.7 Å². The second-order valence-corrected chi connectivity index (χ2v) is 5.34. The number of aliphatic hydroxyl groups is 1. The van der Waals surface area contributed by atoms with Gasteiger partial charge in [0.15, 0.2) is 0 Å². The number of aromatic nitrogens is 2. The van der Waals surface area contributed by atoms with E-state index < -0.39 is 0 Å². The van der Waals surface area contributed by atoms with Crippen LogP contribution in [0.5, 0.6) is 0 Å². The van der Waals surface area contributed by atoms with Gasteiger partial charge < -0.3 is 10.4 Å². The molecular formula is C13H13BrClN3O2. The van der Waals surface area contributed by atoms with Gasteiger partial charge in [-0.2, -0.15) is 5.10 Å². The molecule has 0 unspecified atom stereocenters. The van der Waals surface area contributed by atoms with E-state index >= 15 is 0 Å². The van der Waals surface area contributed by atoms with Crippen LogP contribution in [0, 0.1) is 0 Å².